The molecule has 2 heterocycles. The number of carboxylic acids is 1. The largest absolute Gasteiger partial charge is 0.508 e. The van der Waals surface area contributed by atoms with E-state index in [2.05, 4.69) is 15.1 Å². The Morgan fingerprint density at radius 3 is 2.31 bits per heavy atom. The van der Waals surface area contributed by atoms with E-state index in [0.29, 0.717) is 21.5 Å². The van der Waals surface area contributed by atoms with Crippen LogP contribution in [0.2, 0.25) is 10.0 Å². The molecule has 1 saturated heterocycles. The molecule has 0 radical (unpaired) electrons. The molecule has 12 heteroatoms. The Bertz CT molecular complexity index is 826. The molecule has 2 aromatic rings. The third kappa shape index (κ3) is 6.15. The smallest absolute Gasteiger partial charge is 0.490 e. The number of hydrogen-bond donors (Lipinski definition) is 4. The van der Waals surface area contributed by atoms with Crippen LogP contribution >= 0.6 is 23.2 Å². The minimum atomic E-state index is -5.08. The van der Waals surface area contributed by atoms with Gasteiger partial charge in [-0.05, 0) is 24.8 Å². The number of nitrogens with zero attached hydrogens (tertiary/aromatic N) is 2. The summed E-state index contributed by atoms with van der Waals surface area (Å²) in [5.74, 6) is -2.35. The summed E-state index contributed by atoms with van der Waals surface area (Å²) in [4.78, 5) is 11.2. The topological polar surface area (TPSA) is 115 Å². The summed E-state index contributed by atoms with van der Waals surface area (Å²) in [5, 5.41) is 24.8. The molecule has 160 valence electrons. The first-order valence-electron chi connectivity index (χ1n) is 8.48. The fraction of sp³-hybridized carbons (Fsp3) is 0.412. The van der Waals surface area contributed by atoms with E-state index in [0.717, 1.165) is 31.6 Å². The number of nitrogens with two attached hydrogens (primary N) is 1. The predicted octanol–water partition coefficient (Wildman–Crippen LogP) is 3.97. The number of alkyl halides is 3. The number of piperidine rings is 1. The number of aliphatic carboxylic acids is 1. The maximum absolute atomic E-state index is 10.6. The highest BCUT2D eigenvalue weighted by molar-refractivity contribution is 6.42. The molecule has 0 spiro atoms. The summed E-state index contributed by atoms with van der Waals surface area (Å²) < 4.78 is 31.7. The van der Waals surface area contributed by atoms with E-state index in [1.807, 2.05) is 12.4 Å². The van der Waals surface area contributed by atoms with Gasteiger partial charge in [-0.2, -0.15) is 18.3 Å². The van der Waals surface area contributed by atoms with E-state index in [-0.39, 0.29) is 11.8 Å². The molecule has 1 aromatic heterocycles. The summed E-state index contributed by atoms with van der Waals surface area (Å²) in [6, 6.07) is 2.88. The van der Waals surface area contributed by atoms with Gasteiger partial charge in [0.05, 0.1) is 21.9 Å². The molecule has 0 amide bonds. The fourth-order valence-corrected chi connectivity index (χ4v) is 3.34. The number of anilines is 1. The number of aromatic hydroxyl groups is 1. The number of H-pyrrole nitrogens is 1. The summed E-state index contributed by atoms with van der Waals surface area (Å²) in [6.07, 6.45) is 0.536. The van der Waals surface area contributed by atoms with Crippen molar-refractivity contribution in [2.45, 2.75) is 25.1 Å². The Hall–Kier alpha value is -2.17. The van der Waals surface area contributed by atoms with E-state index < -0.39 is 12.1 Å². The van der Waals surface area contributed by atoms with Crippen LogP contribution in [0.25, 0.3) is 0 Å². The van der Waals surface area contributed by atoms with Crippen molar-refractivity contribution in [3.8, 4) is 5.75 Å². The summed E-state index contributed by atoms with van der Waals surface area (Å²) in [7, 11) is 0. The minimum absolute atomic E-state index is 0.110. The van der Waals surface area contributed by atoms with Crippen molar-refractivity contribution in [1.82, 2.24) is 10.2 Å². The van der Waals surface area contributed by atoms with Gasteiger partial charge in [-0.1, -0.05) is 23.2 Å². The zero-order valence-electron chi connectivity index (χ0n) is 15.0. The monoisotopic (exact) mass is 454 g/mol. The number of rotatable bonds is 3. The number of carboxylic acid groups (broad SMARTS) is 1. The van der Waals surface area contributed by atoms with Gasteiger partial charge in [-0.15, -0.1) is 0 Å². The summed E-state index contributed by atoms with van der Waals surface area (Å²) in [5.41, 5.74) is 8.12. The second kappa shape index (κ2) is 9.55. The maximum atomic E-state index is 10.6. The number of hydrogen-bond acceptors (Lipinski definition) is 5. The van der Waals surface area contributed by atoms with Gasteiger partial charge in [0.1, 0.15) is 5.75 Å². The third-order valence-corrected chi connectivity index (χ3v) is 5.29. The number of benzene rings is 1. The normalized spacial score (nSPS) is 16.1. The molecule has 0 saturated carbocycles. The van der Waals surface area contributed by atoms with Crippen molar-refractivity contribution in [2.24, 2.45) is 11.7 Å². The molecule has 1 unspecified atom stereocenters. The molecular formula is C17H19Cl2F3N4O3. The van der Waals surface area contributed by atoms with Gasteiger partial charge < -0.3 is 20.8 Å². The van der Waals surface area contributed by atoms with E-state index in [4.69, 9.17) is 38.8 Å². The first-order valence-corrected chi connectivity index (χ1v) is 9.23. The zero-order valence-corrected chi connectivity index (χ0v) is 16.5. The quantitative estimate of drug-likeness (QED) is 0.557. The van der Waals surface area contributed by atoms with Crippen molar-refractivity contribution in [3.05, 3.63) is 40.1 Å². The molecule has 3 rings (SSSR count). The van der Waals surface area contributed by atoms with Crippen LogP contribution < -0.4 is 10.6 Å². The van der Waals surface area contributed by atoms with Gasteiger partial charge in [0.15, 0.2) is 0 Å². The van der Waals surface area contributed by atoms with E-state index in [1.54, 1.807) is 6.07 Å². The van der Waals surface area contributed by atoms with Crippen LogP contribution in [0.3, 0.4) is 0 Å². The van der Waals surface area contributed by atoms with Crippen molar-refractivity contribution in [2.75, 3.05) is 18.0 Å². The SMILES string of the molecule is NC(c1cc(Cl)c(Cl)cc1O)C1CCN(c2cn[nH]c2)CC1.O=C(O)C(F)(F)F. The lowest BCUT2D eigenvalue weighted by atomic mass is 9.85. The number of aromatic nitrogens is 2. The van der Waals surface area contributed by atoms with E-state index in [1.165, 1.54) is 6.07 Å². The van der Waals surface area contributed by atoms with Gasteiger partial charge in [-0.3, -0.25) is 5.10 Å². The lowest BCUT2D eigenvalue weighted by Gasteiger charge is -2.35. The number of nitrogens with one attached hydrogen (secondary N) is 1. The minimum Gasteiger partial charge on any atom is -0.508 e. The number of carbonyl (C=O) groups is 1. The highest BCUT2D eigenvalue weighted by Crippen LogP contribution is 2.38. The number of phenols is 1. The zero-order chi connectivity index (χ0) is 21.8. The van der Waals surface area contributed by atoms with Crippen molar-refractivity contribution < 1.29 is 28.2 Å². The van der Waals surface area contributed by atoms with Crippen molar-refractivity contribution in [3.63, 3.8) is 0 Å². The molecule has 7 nitrogen and oxygen atoms in total. The summed E-state index contributed by atoms with van der Waals surface area (Å²) in [6.45, 7) is 1.83. The van der Waals surface area contributed by atoms with Gasteiger partial charge in [0.2, 0.25) is 0 Å². The highest BCUT2D eigenvalue weighted by Gasteiger charge is 2.38. The lowest BCUT2D eigenvalue weighted by Crippen LogP contribution is -2.37. The van der Waals surface area contributed by atoms with Crippen LogP contribution in [0, 0.1) is 5.92 Å². The van der Waals surface area contributed by atoms with Crippen molar-refractivity contribution >= 4 is 34.9 Å². The first kappa shape index (κ1) is 23.1. The lowest BCUT2D eigenvalue weighted by molar-refractivity contribution is -0.192. The molecular weight excluding hydrogens is 436 g/mol. The number of halogens is 5. The van der Waals surface area contributed by atoms with Crippen LogP contribution in [0.5, 0.6) is 5.75 Å². The molecule has 0 bridgehead atoms. The standard InChI is InChI=1S/C15H18Cl2N4O.C2HF3O2/c16-12-5-11(14(22)6-13(12)17)15(18)9-1-3-21(4-2-9)10-7-19-20-8-10;3-2(4,5)1(6)7/h5-9,15,22H,1-4,18H2,(H,19,20);(H,6,7). The maximum Gasteiger partial charge on any atom is 0.490 e. The van der Waals surface area contributed by atoms with Crippen LogP contribution in [0.4, 0.5) is 18.9 Å². The second-order valence-corrected chi connectivity index (χ2v) is 7.25. The molecule has 1 atom stereocenters. The number of phenolic OH excluding ortho intramolecular Hbond substituents is 1. The fourth-order valence-electron chi connectivity index (χ4n) is 3.01. The molecule has 0 aliphatic carbocycles. The molecule has 29 heavy (non-hydrogen) atoms. The highest BCUT2D eigenvalue weighted by atomic mass is 35.5. The first-order chi connectivity index (χ1) is 13.5. The van der Waals surface area contributed by atoms with Gasteiger partial charge in [-0.25, -0.2) is 4.79 Å². The van der Waals surface area contributed by atoms with Crippen LogP contribution in [0.1, 0.15) is 24.4 Å². The molecule has 5 N–H and O–H groups in total. The van der Waals surface area contributed by atoms with Crippen LogP contribution in [-0.2, 0) is 4.79 Å². The Labute approximate surface area is 174 Å². The molecule has 1 aliphatic heterocycles. The van der Waals surface area contributed by atoms with Gasteiger partial charge >= 0.3 is 12.1 Å². The second-order valence-electron chi connectivity index (χ2n) is 6.43. The average molecular weight is 455 g/mol. The Morgan fingerprint density at radius 2 is 1.83 bits per heavy atom. The van der Waals surface area contributed by atoms with Crippen molar-refractivity contribution in [1.29, 1.82) is 0 Å². The predicted molar refractivity (Wildman–Crippen MR) is 102 cm³/mol. The van der Waals surface area contributed by atoms with Gasteiger partial charge in [0, 0.05) is 37.0 Å². The molecule has 1 fully saturated rings. The average Bonchev–Trinajstić information content (AvgIpc) is 3.19. The Morgan fingerprint density at radius 1 is 1.28 bits per heavy atom. The Balaban J connectivity index is 0.000000370. The van der Waals surface area contributed by atoms with Gasteiger partial charge in [0.25, 0.3) is 0 Å². The van der Waals surface area contributed by atoms with Crippen LogP contribution in [0.15, 0.2) is 24.5 Å². The Kier molecular flexibility index (Phi) is 7.61. The van der Waals surface area contributed by atoms with E-state index in [9.17, 15) is 18.3 Å². The third-order valence-electron chi connectivity index (χ3n) is 4.57. The summed E-state index contributed by atoms with van der Waals surface area (Å²) >= 11 is 11.9. The molecule has 1 aromatic carbocycles. The van der Waals surface area contributed by atoms with Crippen LogP contribution in [-0.4, -0.2) is 45.6 Å². The molecule has 1 aliphatic rings. The number of aromatic amines is 1. The van der Waals surface area contributed by atoms with E-state index >= 15 is 0 Å².